The Morgan fingerprint density at radius 1 is 1.28 bits per heavy atom. The van der Waals surface area contributed by atoms with Gasteiger partial charge in [0, 0.05) is 11.6 Å². The van der Waals surface area contributed by atoms with Crippen molar-refractivity contribution in [3.63, 3.8) is 0 Å². The summed E-state index contributed by atoms with van der Waals surface area (Å²) in [4.78, 5) is 11.5. The summed E-state index contributed by atoms with van der Waals surface area (Å²) < 4.78 is 33.8. The average molecular weight is 273 g/mol. The van der Waals surface area contributed by atoms with E-state index < -0.39 is 15.9 Å². The molecule has 0 saturated heterocycles. The Balaban J connectivity index is 2.87. The molecule has 1 amide bonds. The van der Waals surface area contributed by atoms with Gasteiger partial charge in [-0.3, -0.25) is 9.52 Å². The first-order valence-electron chi connectivity index (χ1n) is 5.07. The smallest absolute Gasteiger partial charge is 0.237 e. The third kappa shape index (κ3) is 4.25. The van der Waals surface area contributed by atoms with Crippen LogP contribution >= 0.6 is 0 Å². The highest BCUT2D eigenvalue weighted by Gasteiger charge is 2.13. The highest BCUT2D eigenvalue weighted by atomic mass is 32.2. The molecule has 0 heterocycles. The molecular formula is C11H15NO5S. The van der Waals surface area contributed by atoms with E-state index in [2.05, 4.69) is 0 Å². The van der Waals surface area contributed by atoms with E-state index in [0.717, 1.165) is 6.26 Å². The summed E-state index contributed by atoms with van der Waals surface area (Å²) in [6, 6.07) is 4.95. The number of hydrogen-bond acceptors (Lipinski definition) is 5. The van der Waals surface area contributed by atoms with Gasteiger partial charge in [-0.2, -0.15) is 0 Å². The van der Waals surface area contributed by atoms with Crippen LogP contribution in [0.3, 0.4) is 0 Å². The number of amides is 1. The summed E-state index contributed by atoms with van der Waals surface area (Å²) in [5.74, 6) is 0.457. The third-order valence-corrected chi connectivity index (χ3v) is 2.74. The summed E-state index contributed by atoms with van der Waals surface area (Å²) in [6.07, 6.45) is 0.844. The number of sulfonamides is 1. The fraction of sp³-hybridized carbons (Fsp3) is 0.364. The maximum atomic E-state index is 11.5. The topological polar surface area (TPSA) is 81.7 Å². The highest BCUT2D eigenvalue weighted by Crippen LogP contribution is 2.24. The molecule has 0 aliphatic carbocycles. The van der Waals surface area contributed by atoms with Gasteiger partial charge in [0.15, 0.2) is 0 Å². The fourth-order valence-electron chi connectivity index (χ4n) is 1.41. The van der Waals surface area contributed by atoms with Crippen LogP contribution in [0.25, 0.3) is 0 Å². The van der Waals surface area contributed by atoms with Crippen LogP contribution in [-0.4, -0.2) is 34.8 Å². The lowest BCUT2D eigenvalue weighted by Gasteiger charge is -2.10. The van der Waals surface area contributed by atoms with E-state index in [1.807, 2.05) is 4.72 Å². The largest absolute Gasteiger partial charge is 0.497 e. The van der Waals surface area contributed by atoms with Gasteiger partial charge in [0.2, 0.25) is 15.9 Å². The first-order valence-corrected chi connectivity index (χ1v) is 6.96. The number of methoxy groups -OCH3 is 2. The lowest BCUT2D eigenvalue weighted by atomic mass is 10.1. The zero-order valence-corrected chi connectivity index (χ0v) is 11.2. The fourth-order valence-corrected chi connectivity index (χ4v) is 1.90. The molecule has 18 heavy (non-hydrogen) atoms. The zero-order valence-electron chi connectivity index (χ0n) is 10.4. The Kier molecular flexibility index (Phi) is 4.55. The van der Waals surface area contributed by atoms with Crippen LogP contribution in [0.15, 0.2) is 18.2 Å². The van der Waals surface area contributed by atoms with E-state index in [0.29, 0.717) is 17.1 Å². The zero-order chi connectivity index (χ0) is 13.8. The van der Waals surface area contributed by atoms with E-state index in [1.54, 1.807) is 18.2 Å². The van der Waals surface area contributed by atoms with Crippen molar-refractivity contribution in [3.05, 3.63) is 23.8 Å². The molecule has 0 bridgehead atoms. The number of ether oxygens (including phenoxy) is 2. The standard InChI is InChI=1S/C11H15NO5S/c1-16-9-5-4-8(10(7-9)17-2)6-11(13)12-18(3,14)15/h4-5,7H,6H2,1-3H3,(H,12,13). The van der Waals surface area contributed by atoms with Crippen LogP contribution in [0, 0.1) is 0 Å². The maximum absolute atomic E-state index is 11.5. The summed E-state index contributed by atoms with van der Waals surface area (Å²) in [7, 11) is -0.557. The first kappa shape index (κ1) is 14.3. The Morgan fingerprint density at radius 3 is 2.44 bits per heavy atom. The van der Waals surface area contributed by atoms with Crippen molar-refractivity contribution in [2.75, 3.05) is 20.5 Å². The second kappa shape index (κ2) is 5.72. The van der Waals surface area contributed by atoms with E-state index >= 15 is 0 Å². The van der Waals surface area contributed by atoms with Crippen molar-refractivity contribution >= 4 is 15.9 Å². The molecule has 0 saturated carbocycles. The summed E-state index contributed by atoms with van der Waals surface area (Å²) in [5, 5.41) is 0. The molecule has 0 aliphatic heterocycles. The second-order valence-corrected chi connectivity index (χ2v) is 5.40. The molecule has 0 aliphatic rings. The van der Waals surface area contributed by atoms with Crippen LogP contribution in [0.5, 0.6) is 11.5 Å². The van der Waals surface area contributed by atoms with Gasteiger partial charge in [-0.25, -0.2) is 8.42 Å². The Hall–Kier alpha value is -1.76. The van der Waals surface area contributed by atoms with Crippen molar-refractivity contribution in [1.82, 2.24) is 4.72 Å². The molecular weight excluding hydrogens is 258 g/mol. The summed E-state index contributed by atoms with van der Waals surface area (Å²) in [5.41, 5.74) is 0.583. The second-order valence-electron chi connectivity index (χ2n) is 3.65. The molecule has 0 spiro atoms. The molecule has 0 radical (unpaired) electrons. The lowest BCUT2D eigenvalue weighted by molar-refractivity contribution is -0.118. The molecule has 0 fully saturated rings. The van der Waals surface area contributed by atoms with E-state index in [-0.39, 0.29) is 6.42 Å². The van der Waals surface area contributed by atoms with Gasteiger partial charge in [-0.05, 0) is 6.07 Å². The number of nitrogens with one attached hydrogen (secondary N) is 1. The number of benzene rings is 1. The van der Waals surface area contributed by atoms with Gasteiger partial charge in [0.05, 0.1) is 26.9 Å². The summed E-state index contributed by atoms with van der Waals surface area (Å²) >= 11 is 0. The van der Waals surface area contributed by atoms with E-state index in [4.69, 9.17) is 9.47 Å². The minimum atomic E-state index is -3.54. The maximum Gasteiger partial charge on any atom is 0.237 e. The van der Waals surface area contributed by atoms with Crippen molar-refractivity contribution in [2.24, 2.45) is 0 Å². The summed E-state index contributed by atoms with van der Waals surface area (Å²) in [6.45, 7) is 0. The van der Waals surface area contributed by atoms with Gasteiger partial charge < -0.3 is 9.47 Å². The number of carbonyl (C=O) groups excluding carboxylic acids is 1. The Morgan fingerprint density at radius 2 is 1.94 bits per heavy atom. The van der Waals surface area contributed by atoms with Crippen LogP contribution in [-0.2, 0) is 21.2 Å². The van der Waals surface area contributed by atoms with Crippen LogP contribution in [0.1, 0.15) is 5.56 Å². The Bertz CT molecular complexity index is 538. The third-order valence-electron chi connectivity index (χ3n) is 2.14. The average Bonchev–Trinajstić information content (AvgIpc) is 2.27. The quantitative estimate of drug-likeness (QED) is 0.835. The molecule has 100 valence electrons. The number of hydrogen-bond donors (Lipinski definition) is 1. The van der Waals surface area contributed by atoms with Crippen LogP contribution in [0.2, 0.25) is 0 Å². The van der Waals surface area contributed by atoms with E-state index in [9.17, 15) is 13.2 Å². The first-order chi connectivity index (χ1) is 8.35. The number of rotatable bonds is 5. The minimum Gasteiger partial charge on any atom is -0.497 e. The molecule has 6 nitrogen and oxygen atoms in total. The van der Waals surface area contributed by atoms with Crippen LogP contribution < -0.4 is 14.2 Å². The Labute approximate surface area is 106 Å². The van der Waals surface area contributed by atoms with Crippen molar-refractivity contribution in [1.29, 1.82) is 0 Å². The van der Waals surface area contributed by atoms with E-state index in [1.165, 1.54) is 14.2 Å². The monoisotopic (exact) mass is 273 g/mol. The number of carbonyl (C=O) groups is 1. The molecule has 7 heteroatoms. The molecule has 1 aromatic rings. The predicted molar refractivity (Wildman–Crippen MR) is 66.2 cm³/mol. The van der Waals surface area contributed by atoms with Gasteiger partial charge >= 0.3 is 0 Å². The van der Waals surface area contributed by atoms with Crippen molar-refractivity contribution in [3.8, 4) is 11.5 Å². The molecule has 1 N–H and O–H groups in total. The molecule has 0 aromatic heterocycles. The van der Waals surface area contributed by atoms with Gasteiger partial charge in [-0.15, -0.1) is 0 Å². The van der Waals surface area contributed by atoms with Crippen molar-refractivity contribution in [2.45, 2.75) is 6.42 Å². The SMILES string of the molecule is COc1ccc(CC(=O)NS(C)(=O)=O)c(OC)c1. The lowest BCUT2D eigenvalue weighted by Crippen LogP contribution is -2.30. The minimum absolute atomic E-state index is 0.0831. The van der Waals surface area contributed by atoms with Crippen molar-refractivity contribution < 1.29 is 22.7 Å². The van der Waals surface area contributed by atoms with Gasteiger partial charge in [0.1, 0.15) is 11.5 Å². The molecule has 0 atom stereocenters. The molecule has 0 unspecified atom stereocenters. The van der Waals surface area contributed by atoms with Crippen LogP contribution in [0.4, 0.5) is 0 Å². The van der Waals surface area contributed by atoms with Gasteiger partial charge in [-0.1, -0.05) is 6.07 Å². The van der Waals surface area contributed by atoms with Gasteiger partial charge in [0.25, 0.3) is 0 Å². The predicted octanol–water partition coefficient (Wildman–Crippen LogP) is 0.322. The molecule has 1 aromatic carbocycles. The normalized spacial score (nSPS) is 10.8. The molecule has 1 rings (SSSR count). The highest BCUT2D eigenvalue weighted by molar-refractivity contribution is 7.89.